The van der Waals surface area contributed by atoms with Crippen LogP contribution in [0.25, 0.3) is 0 Å². The van der Waals surface area contributed by atoms with Gasteiger partial charge >= 0.3 is 11.9 Å². The number of aromatic nitrogens is 1. The predicted octanol–water partition coefficient (Wildman–Crippen LogP) is 2.14. The van der Waals surface area contributed by atoms with Crippen LogP contribution in [0.15, 0.2) is 12.3 Å². The quantitative estimate of drug-likeness (QED) is 0.522. The monoisotopic (exact) mass is 367 g/mol. The number of hydrogen-bond acceptors (Lipinski definition) is 8. The molecule has 0 spiro atoms. The topological polar surface area (TPSA) is 112 Å². The fourth-order valence-electron chi connectivity index (χ4n) is 1.98. The number of rotatable bonds is 9. The number of aromatic hydroxyl groups is 1. The summed E-state index contributed by atoms with van der Waals surface area (Å²) < 4.78 is 15.1. The SMILES string of the molecule is COc1ccnc(C(=O)C[C@@H](C)C(=O)O[C@@H](C)COC(=O)C(C)C)c1O. The third-order valence-electron chi connectivity index (χ3n) is 3.51. The Morgan fingerprint density at radius 3 is 2.38 bits per heavy atom. The second-order valence-electron chi connectivity index (χ2n) is 6.27. The average molecular weight is 367 g/mol. The van der Waals surface area contributed by atoms with Gasteiger partial charge in [-0.1, -0.05) is 20.8 Å². The second kappa shape index (κ2) is 9.74. The van der Waals surface area contributed by atoms with Gasteiger partial charge in [-0.25, -0.2) is 4.98 Å². The highest BCUT2D eigenvalue weighted by Gasteiger charge is 2.25. The van der Waals surface area contributed by atoms with Gasteiger partial charge in [0.1, 0.15) is 12.7 Å². The molecule has 0 bridgehead atoms. The molecule has 1 heterocycles. The average Bonchev–Trinajstić information content (AvgIpc) is 2.59. The molecule has 0 saturated carbocycles. The minimum Gasteiger partial charge on any atom is -0.503 e. The maximum atomic E-state index is 12.3. The van der Waals surface area contributed by atoms with Crippen LogP contribution in [0.2, 0.25) is 0 Å². The lowest BCUT2D eigenvalue weighted by atomic mass is 10.0. The highest BCUT2D eigenvalue weighted by Crippen LogP contribution is 2.29. The molecule has 0 unspecified atom stereocenters. The van der Waals surface area contributed by atoms with Crippen molar-refractivity contribution in [1.29, 1.82) is 0 Å². The van der Waals surface area contributed by atoms with Gasteiger partial charge in [0.15, 0.2) is 23.0 Å². The van der Waals surface area contributed by atoms with Crippen molar-refractivity contribution in [1.82, 2.24) is 4.98 Å². The van der Waals surface area contributed by atoms with Crippen molar-refractivity contribution in [2.24, 2.45) is 11.8 Å². The number of carbonyl (C=O) groups excluding carboxylic acids is 3. The van der Waals surface area contributed by atoms with Crippen LogP contribution in [-0.4, -0.2) is 47.6 Å². The van der Waals surface area contributed by atoms with Crippen LogP contribution in [-0.2, 0) is 19.1 Å². The minimum absolute atomic E-state index is 0.0539. The normalized spacial score (nSPS) is 13.0. The molecule has 144 valence electrons. The Morgan fingerprint density at radius 1 is 1.15 bits per heavy atom. The Labute approximate surface area is 152 Å². The number of methoxy groups -OCH3 is 1. The number of pyridine rings is 1. The molecule has 8 nitrogen and oxygen atoms in total. The lowest BCUT2D eigenvalue weighted by Crippen LogP contribution is -2.27. The zero-order valence-corrected chi connectivity index (χ0v) is 15.6. The summed E-state index contributed by atoms with van der Waals surface area (Å²) in [6, 6.07) is 1.42. The Morgan fingerprint density at radius 2 is 1.81 bits per heavy atom. The largest absolute Gasteiger partial charge is 0.503 e. The lowest BCUT2D eigenvalue weighted by Gasteiger charge is -2.17. The number of ether oxygens (including phenoxy) is 3. The molecule has 0 aromatic carbocycles. The fraction of sp³-hybridized carbons (Fsp3) is 0.556. The van der Waals surface area contributed by atoms with Crippen LogP contribution in [0.5, 0.6) is 11.5 Å². The molecule has 0 amide bonds. The summed E-state index contributed by atoms with van der Waals surface area (Å²) in [5.41, 5.74) is -0.164. The Kier molecular flexibility index (Phi) is 8.02. The number of hydrogen-bond donors (Lipinski definition) is 1. The van der Waals surface area contributed by atoms with Crippen molar-refractivity contribution < 1.29 is 33.7 Å². The van der Waals surface area contributed by atoms with E-state index in [0.29, 0.717) is 0 Å². The number of carbonyl (C=O) groups is 3. The Balaban J connectivity index is 2.59. The van der Waals surface area contributed by atoms with Crippen LogP contribution in [0.4, 0.5) is 0 Å². The van der Waals surface area contributed by atoms with Crippen LogP contribution in [0, 0.1) is 11.8 Å². The van der Waals surface area contributed by atoms with E-state index in [1.165, 1.54) is 26.3 Å². The van der Waals surface area contributed by atoms with E-state index in [4.69, 9.17) is 14.2 Å². The van der Waals surface area contributed by atoms with Gasteiger partial charge in [-0.15, -0.1) is 0 Å². The van der Waals surface area contributed by atoms with Crippen LogP contribution in [0.1, 0.15) is 44.6 Å². The van der Waals surface area contributed by atoms with Gasteiger partial charge in [0.25, 0.3) is 0 Å². The van der Waals surface area contributed by atoms with Gasteiger partial charge < -0.3 is 19.3 Å². The fourth-order valence-corrected chi connectivity index (χ4v) is 1.98. The van der Waals surface area contributed by atoms with Gasteiger partial charge in [-0.2, -0.15) is 0 Å². The summed E-state index contributed by atoms with van der Waals surface area (Å²) in [6.45, 7) is 6.48. The van der Waals surface area contributed by atoms with Crippen LogP contribution < -0.4 is 4.74 Å². The summed E-state index contributed by atoms with van der Waals surface area (Å²) in [5.74, 6) is -2.75. The number of ketones is 1. The molecule has 8 heteroatoms. The zero-order chi connectivity index (χ0) is 19.9. The standard InChI is InChI=1S/C18H25NO7/c1-10(2)17(22)25-9-12(4)26-18(23)11(3)8-13(20)15-16(21)14(24-5)6-7-19-15/h6-7,10-12,21H,8-9H2,1-5H3/t11-,12+/m1/s1. The molecule has 0 aliphatic heterocycles. The molecule has 1 aromatic heterocycles. The first-order valence-corrected chi connectivity index (χ1v) is 8.29. The van der Waals surface area contributed by atoms with Gasteiger partial charge in [0.2, 0.25) is 0 Å². The van der Waals surface area contributed by atoms with Crippen molar-refractivity contribution in [3.63, 3.8) is 0 Å². The Hall–Kier alpha value is -2.64. The summed E-state index contributed by atoms with van der Waals surface area (Å²) in [5, 5.41) is 9.95. The zero-order valence-electron chi connectivity index (χ0n) is 15.6. The molecule has 0 aliphatic rings. The van der Waals surface area contributed by atoms with Crippen molar-refractivity contribution in [2.45, 2.75) is 40.2 Å². The van der Waals surface area contributed by atoms with Crippen LogP contribution in [0.3, 0.4) is 0 Å². The van der Waals surface area contributed by atoms with Crippen molar-refractivity contribution in [2.75, 3.05) is 13.7 Å². The van der Waals surface area contributed by atoms with Crippen molar-refractivity contribution in [3.05, 3.63) is 18.0 Å². The van der Waals surface area contributed by atoms with Gasteiger partial charge in [0, 0.05) is 18.7 Å². The summed E-state index contributed by atoms with van der Waals surface area (Å²) in [7, 11) is 1.36. The van der Waals surface area contributed by atoms with Gasteiger partial charge in [-0.3, -0.25) is 14.4 Å². The van der Waals surface area contributed by atoms with E-state index in [1.807, 2.05) is 0 Å². The van der Waals surface area contributed by atoms with Crippen molar-refractivity contribution >= 4 is 17.7 Å². The molecule has 1 rings (SSSR count). The summed E-state index contributed by atoms with van der Waals surface area (Å²) >= 11 is 0. The predicted molar refractivity (Wildman–Crippen MR) is 91.9 cm³/mol. The molecular weight excluding hydrogens is 342 g/mol. The molecule has 26 heavy (non-hydrogen) atoms. The van der Waals surface area contributed by atoms with E-state index in [9.17, 15) is 19.5 Å². The molecule has 0 fully saturated rings. The summed E-state index contributed by atoms with van der Waals surface area (Å²) in [6.07, 6.45) is 0.511. The highest BCUT2D eigenvalue weighted by atomic mass is 16.6. The lowest BCUT2D eigenvalue weighted by molar-refractivity contribution is -0.162. The third kappa shape index (κ3) is 6.02. The van der Waals surface area contributed by atoms with E-state index in [-0.39, 0.29) is 42.1 Å². The molecule has 1 N–H and O–H groups in total. The molecule has 1 aromatic rings. The van der Waals surface area contributed by atoms with E-state index in [0.717, 1.165) is 0 Å². The third-order valence-corrected chi connectivity index (χ3v) is 3.51. The number of nitrogens with zero attached hydrogens (tertiary/aromatic N) is 1. The molecule has 0 aliphatic carbocycles. The number of Topliss-reactive ketones (excluding diaryl/α,β-unsaturated/α-hetero) is 1. The van der Waals surface area contributed by atoms with Gasteiger partial charge in [-0.05, 0) is 6.92 Å². The maximum Gasteiger partial charge on any atom is 0.309 e. The summed E-state index contributed by atoms with van der Waals surface area (Å²) in [4.78, 5) is 39.6. The second-order valence-corrected chi connectivity index (χ2v) is 6.27. The van der Waals surface area contributed by atoms with E-state index in [2.05, 4.69) is 4.98 Å². The van der Waals surface area contributed by atoms with Gasteiger partial charge in [0.05, 0.1) is 18.9 Å². The smallest absolute Gasteiger partial charge is 0.309 e. The van der Waals surface area contributed by atoms with Crippen LogP contribution >= 0.6 is 0 Å². The maximum absolute atomic E-state index is 12.3. The molecule has 0 radical (unpaired) electrons. The molecule has 2 atom stereocenters. The highest BCUT2D eigenvalue weighted by molar-refractivity contribution is 5.99. The minimum atomic E-state index is -0.752. The first-order chi connectivity index (χ1) is 12.2. The Bertz CT molecular complexity index is 657. The van der Waals surface area contributed by atoms with E-state index >= 15 is 0 Å². The molecular formula is C18H25NO7. The van der Waals surface area contributed by atoms with E-state index in [1.54, 1.807) is 20.8 Å². The number of esters is 2. The molecule has 0 saturated heterocycles. The first-order valence-electron chi connectivity index (χ1n) is 8.29. The van der Waals surface area contributed by atoms with E-state index < -0.39 is 23.8 Å². The van der Waals surface area contributed by atoms with Crippen molar-refractivity contribution in [3.8, 4) is 11.5 Å². The first kappa shape index (κ1) is 21.4.